The van der Waals surface area contributed by atoms with E-state index >= 15 is 4.39 Å². The van der Waals surface area contributed by atoms with Crippen LogP contribution in [0.2, 0.25) is 0 Å². The Balaban J connectivity index is 1.52. The number of thiazole rings is 1. The summed E-state index contributed by atoms with van der Waals surface area (Å²) in [6.07, 6.45) is 3.12. The van der Waals surface area contributed by atoms with Crippen LogP contribution < -0.4 is 10.0 Å². The Kier molecular flexibility index (Phi) is 8.57. The van der Waals surface area contributed by atoms with Crippen molar-refractivity contribution in [3.05, 3.63) is 71.1 Å². The topological polar surface area (TPSA) is 96.9 Å². The number of hydrogen-bond donors (Lipinski definition) is 2. The van der Waals surface area contributed by atoms with Gasteiger partial charge < -0.3 is 5.32 Å². The average molecular weight is 620 g/mol. The minimum atomic E-state index is -2.40. The minimum absolute atomic E-state index is 0.106. The van der Waals surface area contributed by atoms with Gasteiger partial charge in [0.2, 0.25) is 5.95 Å². The van der Waals surface area contributed by atoms with Gasteiger partial charge in [-0.1, -0.05) is 32.9 Å². The summed E-state index contributed by atoms with van der Waals surface area (Å²) in [6, 6.07) is 9.40. The van der Waals surface area contributed by atoms with Crippen molar-refractivity contribution in [2.75, 3.05) is 21.5 Å². The van der Waals surface area contributed by atoms with Gasteiger partial charge in [-0.3, -0.25) is 8.93 Å². The van der Waals surface area contributed by atoms with E-state index in [1.54, 1.807) is 24.4 Å². The number of aromatic nitrogens is 3. The molecule has 0 amide bonds. The minimum Gasteiger partial charge on any atom is -0.351 e. The van der Waals surface area contributed by atoms with Gasteiger partial charge in [-0.05, 0) is 43.2 Å². The molecule has 5 rings (SSSR count). The third-order valence-corrected chi connectivity index (χ3v) is 10.5. The van der Waals surface area contributed by atoms with Gasteiger partial charge in [-0.2, -0.15) is 0 Å². The lowest BCUT2D eigenvalue weighted by Crippen LogP contribution is -2.30. The van der Waals surface area contributed by atoms with Crippen LogP contribution in [0.1, 0.15) is 38.6 Å². The summed E-state index contributed by atoms with van der Waals surface area (Å²) in [4.78, 5) is 13.8. The molecule has 41 heavy (non-hydrogen) atoms. The largest absolute Gasteiger partial charge is 0.351 e. The molecule has 1 atom stereocenters. The first-order valence-electron chi connectivity index (χ1n) is 12.9. The highest BCUT2D eigenvalue weighted by Gasteiger charge is 2.27. The monoisotopic (exact) mass is 619 g/mol. The Morgan fingerprint density at radius 2 is 1.68 bits per heavy atom. The van der Waals surface area contributed by atoms with Crippen LogP contribution in [0, 0.1) is 17.5 Å². The van der Waals surface area contributed by atoms with Crippen LogP contribution in [0.25, 0.3) is 21.8 Å². The maximum atomic E-state index is 16.0. The van der Waals surface area contributed by atoms with E-state index in [1.165, 1.54) is 17.4 Å². The molecule has 0 radical (unpaired) electrons. The van der Waals surface area contributed by atoms with Crippen LogP contribution in [-0.4, -0.2) is 40.9 Å². The van der Waals surface area contributed by atoms with Crippen LogP contribution in [0.15, 0.2) is 53.6 Å². The quantitative estimate of drug-likeness (QED) is 0.247. The summed E-state index contributed by atoms with van der Waals surface area (Å²) in [7, 11) is -3.19. The van der Waals surface area contributed by atoms with Crippen LogP contribution >= 0.6 is 11.3 Å². The molecule has 2 N–H and O–H groups in total. The van der Waals surface area contributed by atoms with Crippen molar-refractivity contribution in [2.24, 2.45) is 0 Å². The fourth-order valence-corrected chi connectivity index (χ4v) is 7.63. The van der Waals surface area contributed by atoms with Crippen molar-refractivity contribution in [3.8, 4) is 21.8 Å². The highest BCUT2D eigenvalue weighted by Crippen LogP contribution is 2.42. The molecular formula is C28H28F3N5O2S3. The van der Waals surface area contributed by atoms with E-state index in [4.69, 9.17) is 9.97 Å². The third-order valence-electron chi connectivity index (χ3n) is 6.44. The van der Waals surface area contributed by atoms with Gasteiger partial charge in [-0.25, -0.2) is 32.3 Å². The molecule has 3 heterocycles. The van der Waals surface area contributed by atoms with E-state index in [1.807, 2.05) is 20.8 Å². The second kappa shape index (κ2) is 12.0. The van der Waals surface area contributed by atoms with E-state index < -0.39 is 44.1 Å². The predicted molar refractivity (Wildman–Crippen MR) is 158 cm³/mol. The summed E-state index contributed by atoms with van der Waals surface area (Å²) in [6.45, 7) is 6.00. The molecule has 2 aromatic heterocycles. The average Bonchev–Trinajstić information content (AvgIpc) is 3.37. The normalized spacial score (nSPS) is 18.2. The van der Waals surface area contributed by atoms with Gasteiger partial charge in [0, 0.05) is 45.5 Å². The summed E-state index contributed by atoms with van der Waals surface area (Å²) in [5.74, 6) is -1.10. The lowest BCUT2D eigenvalue weighted by atomic mass is 9.98. The van der Waals surface area contributed by atoms with Gasteiger partial charge in [0.25, 0.3) is 0 Å². The van der Waals surface area contributed by atoms with Crippen molar-refractivity contribution in [3.63, 3.8) is 0 Å². The van der Waals surface area contributed by atoms with Gasteiger partial charge in [0.1, 0.15) is 16.5 Å². The summed E-state index contributed by atoms with van der Waals surface area (Å²) in [5, 5.41) is 4.07. The van der Waals surface area contributed by atoms with E-state index in [9.17, 15) is 17.2 Å². The van der Waals surface area contributed by atoms with Crippen molar-refractivity contribution in [1.82, 2.24) is 15.0 Å². The fourth-order valence-electron chi connectivity index (χ4n) is 4.28. The molecule has 2 aromatic carbocycles. The number of nitrogens with zero attached hydrogens (tertiary/aromatic N) is 3. The van der Waals surface area contributed by atoms with Gasteiger partial charge in [-0.15, -0.1) is 11.3 Å². The van der Waals surface area contributed by atoms with Crippen molar-refractivity contribution < 1.29 is 21.6 Å². The van der Waals surface area contributed by atoms with Crippen LogP contribution in [0.3, 0.4) is 0 Å². The lowest BCUT2D eigenvalue weighted by Gasteiger charge is -2.22. The molecule has 1 unspecified atom stereocenters. The number of hydrogen-bond acceptors (Lipinski definition) is 7. The molecule has 4 aromatic rings. The zero-order chi connectivity index (χ0) is 29.3. The Morgan fingerprint density at radius 1 is 1.00 bits per heavy atom. The molecule has 0 spiro atoms. The first-order chi connectivity index (χ1) is 19.5. The molecule has 0 saturated carbocycles. The standard InChI is InChI=1S/C28H28F3N5O2S3/c1-28(2,3)26-35-23(24(39-26)21-10-13-32-27(34-21)33-16-11-14-40(37)15-12-16)17-6-4-9-20(22(17)31)36-41(38)25-18(29)7-5-8-19(25)30/h4-10,13,16,36H,11-12,14-15H2,1-3H3,(H,32,33,34). The fraction of sp³-hybridized carbons (Fsp3) is 0.321. The molecule has 7 nitrogen and oxygen atoms in total. The van der Waals surface area contributed by atoms with Gasteiger partial charge >= 0.3 is 0 Å². The smallest absolute Gasteiger partial charge is 0.223 e. The first-order valence-corrected chi connectivity index (χ1v) is 16.3. The Bertz CT molecular complexity index is 1610. The van der Waals surface area contributed by atoms with Crippen LogP contribution in [-0.2, 0) is 27.2 Å². The highest BCUT2D eigenvalue weighted by molar-refractivity contribution is 7.86. The number of rotatable bonds is 7. The molecule has 1 fully saturated rings. The van der Waals surface area contributed by atoms with E-state index in [-0.39, 0.29) is 22.7 Å². The second-order valence-electron chi connectivity index (χ2n) is 10.6. The van der Waals surface area contributed by atoms with Crippen LogP contribution in [0.4, 0.5) is 24.8 Å². The molecule has 13 heteroatoms. The molecule has 1 aliphatic rings. The number of anilines is 2. The molecule has 216 valence electrons. The van der Waals surface area contributed by atoms with Gasteiger partial charge in [0.05, 0.1) is 27.0 Å². The summed E-state index contributed by atoms with van der Waals surface area (Å²) < 4.78 is 71.3. The molecular weight excluding hydrogens is 592 g/mol. The Morgan fingerprint density at radius 3 is 2.37 bits per heavy atom. The van der Waals surface area contributed by atoms with E-state index in [0.717, 1.165) is 36.0 Å². The van der Waals surface area contributed by atoms with Crippen molar-refractivity contribution in [1.29, 1.82) is 0 Å². The van der Waals surface area contributed by atoms with Gasteiger partial charge in [0.15, 0.2) is 16.8 Å². The second-order valence-corrected chi connectivity index (χ2v) is 14.4. The van der Waals surface area contributed by atoms with E-state index in [0.29, 0.717) is 33.7 Å². The zero-order valence-electron chi connectivity index (χ0n) is 22.5. The van der Waals surface area contributed by atoms with Crippen molar-refractivity contribution in [2.45, 2.75) is 50.0 Å². The number of benzene rings is 2. The highest BCUT2D eigenvalue weighted by atomic mass is 32.2. The zero-order valence-corrected chi connectivity index (χ0v) is 25.0. The maximum absolute atomic E-state index is 16.0. The van der Waals surface area contributed by atoms with Crippen LogP contribution in [0.5, 0.6) is 0 Å². The lowest BCUT2D eigenvalue weighted by molar-refractivity contribution is 0.535. The Labute approximate surface area is 245 Å². The number of nitrogens with one attached hydrogen (secondary N) is 2. The number of halogens is 3. The summed E-state index contributed by atoms with van der Waals surface area (Å²) in [5.41, 5.74) is 0.450. The summed E-state index contributed by atoms with van der Waals surface area (Å²) >= 11 is 1.38. The molecule has 0 bridgehead atoms. The Hall–Kier alpha value is -3.16. The predicted octanol–water partition coefficient (Wildman–Crippen LogP) is 6.44. The van der Waals surface area contributed by atoms with Crippen molar-refractivity contribution >= 4 is 44.8 Å². The maximum Gasteiger partial charge on any atom is 0.223 e. The molecule has 1 saturated heterocycles. The first kappa shape index (κ1) is 29.3. The molecule has 1 aliphatic heterocycles. The SMILES string of the molecule is CC(C)(C)c1nc(-c2cccc(NS(=O)c3c(F)cccc3F)c2F)c(-c2ccnc(NC3CCS(=O)CC3)n2)s1. The molecule has 0 aliphatic carbocycles. The van der Waals surface area contributed by atoms with E-state index in [2.05, 4.69) is 15.0 Å². The third kappa shape index (κ3) is 6.52.